The summed E-state index contributed by atoms with van der Waals surface area (Å²) in [6.45, 7) is 3.58. The predicted octanol–water partition coefficient (Wildman–Crippen LogP) is 2.62. The standard InChI is InChI=1S/C12H16ClFN2O2/c1-7(6-17)8(2)15-12(18)16-9-3-4-10(13)11(14)5-9/h3-5,7-8,17H,6H2,1-2H3,(H2,15,16,18)/t7-,8-/m1/s1. The fraction of sp³-hybridized carbons (Fsp3) is 0.417. The Morgan fingerprint density at radius 2 is 2.17 bits per heavy atom. The zero-order valence-electron chi connectivity index (χ0n) is 10.2. The van der Waals surface area contributed by atoms with E-state index in [0.29, 0.717) is 5.69 Å². The van der Waals surface area contributed by atoms with Crippen molar-refractivity contribution in [2.75, 3.05) is 11.9 Å². The van der Waals surface area contributed by atoms with Crippen LogP contribution in [0.25, 0.3) is 0 Å². The molecule has 0 radical (unpaired) electrons. The highest BCUT2D eigenvalue weighted by Gasteiger charge is 2.14. The van der Waals surface area contributed by atoms with Crippen LogP contribution in [0, 0.1) is 11.7 Å². The zero-order valence-corrected chi connectivity index (χ0v) is 11.0. The molecule has 1 aromatic rings. The van der Waals surface area contributed by atoms with Gasteiger partial charge in [0, 0.05) is 18.3 Å². The Kier molecular flexibility index (Phi) is 5.37. The number of hydrogen-bond acceptors (Lipinski definition) is 2. The van der Waals surface area contributed by atoms with Crippen LogP contribution in [-0.2, 0) is 0 Å². The maximum Gasteiger partial charge on any atom is 0.319 e. The molecule has 0 aliphatic heterocycles. The van der Waals surface area contributed by atoms with Crippen molar-refractivity contribution in [3.05, 3.63) is 29.0 Å². The third-order valence-corrected chi connectivity index (χ3v) is 2.98. The molecule has 0 aromatic heterocycles. The molecule has 0 saturated carbocycles. The van der Waals surface area contributed by atoms with Gasteiger partial charge in [-0.2, -0.15) is 0 Å². The Morgan fingerprint density at radius 3 is 2.72 bits per heavy atom. The first-order chi connectivity index (χ1) is 8.43. The maximum absolute atomic E-state index is 13.1. The summed E-state index contributed by atoms with van der Waals surface area (Å²) in [7, 11) is 0. The largest absolute Gasteiger partial charge is 0.396 e. The van der Waals surface area contributed by atoms with Gasteiger partial charge in [0.25, 0.3) is 0 Å². The quantitative estimate of drug-likeness (QED) is 0.790. The lowest BCUT2D eigenvalue weighted by atomic mass is 10.1. The number of urea groups is 1. The molecule has 4 nitrogen and oxygen atoms in total. The van der Waals surface area contributed by atoms with Gasteiger partial charge in [-0.15, -0.1) is 0 Å². The van der Waals surface area contributed by atoms with Gasteiger partial charge in [0.15, 0.2) is 0 Å². The number of aliphatic hydroxyl groups excluding tert-OH is 1. The van der Waals surface area contributed by atoms with E-state index in [2.05, 4.69) is 10.6 Å². The highest BCUT2D eigenvalue weighted by Crippen LogP contribution is 2.18. The van der Waals surface area contributed by atoms with E-state index in [1.807, 2.05) is 6.92 Å². The molecule has 6 heteroatoms. The number of carbonyl (C=O) groups is 1. The number of carbonyl (C=O) groups excluding carboxylic acids is 1. The minimum Gasteiger partial charge on any atom is -0.396 e. The molecule has 0 fully saturated rings. The predicted molar refractivity (Wildman–Crippen MR) is 69.3 cm³/mol. The Hall–Kier alpha value is -1.33. The second-order valence-corrected chi connectivity index (χ2v) is 4.58. The average Bonchev–Trinajstić information content (AvgIpc) is 2.32. The van der Waals surface area contributed by atoms with Crippen molar-refractivity contribution in [3.63, 3.8) is 0 Å². The molecule has 18 heavy (non-hydrogen) atoms. The van der Waals surface area contributed by atoms with Crippen molar-refractivity contribution < 1.29 is 14.3 Å². The monoisotopic (exact) mass is 274 g/mol. The number of anilines is 1. The Labute approximate surface area is 110 Å². The van der Waals surface area contributed by atoms with Crippen molar-refractivity contribution in [2.45, 2.75) is 19.9 Å². The van der Waals surface area contributed by atoms with E-state index in [1.165, 1.54) is 12.1 Å². The van der Waals surface area contributed by atoms with E-state index in [-0.39, 0.29) is 23.6 Å². The van der Waals surface area contributed by atoms with E-state index >= 15 is 0 Å². The molecule has 0 bridgehead atoms. The molecule has 0 unspecified atom stereocenters. The molecule has 1 rings (SSSR count). The number of hydrogen-bond donors (Lipinski definition) is 3. The molecule has 1 aromatic carbocycles. The molecule has 0 spiro atoms. The van der Waals surface area contributed by atoms with Gasteiger partial charge in [-0.25, -0.2) is 9.18 Å². The molecule has 0 heterocycles. The zero-order chi connectivity index (χ0) is 13.7. The first-order valence-electron chi connectivity index (χ1n) is 5.57. The number of aliphatic hydroxyl groups is 1. The van der Waals surface area contributed by atoms with Gasteiger partial charge in [-0.1, -0.05) is 18.5 Å². The van der Waals surface area contributed by atoms with Gasteiger partial charge in [-0.3, -0.25) is 0 Å². The van der Waals surface area contributed by atoms with Gasteiger partial charge in [0.05, 0.1) is 5.02 Å². The summed E-state index contributed by atoms with van der Waals surface area (Å²) in [6.07, 6.45) is 0. The van der Waals surface area contributed by atoms with Crippen LogP contribution in [0.5, 0.6) is 0 Å². The van der Waals surface area contributed by atoms with Crippen LogP contribution in [0.15, 0.2) is 18.2 Å². The Balaban J connectivity index is 2.57. The van der Waals surface area contributed by atoms with Crippen LogP contribution in [0.3, 0.4) is 0 Å². The molecular weight excluding hydrogens is 259 g/mol. The highest BCUT2D eigenvalue weighted by atomic mass is 35.5. The van der Waals surface area contributed by atoms with Crippen LogP contribution in [0.1, 0.15) is 13.8 Å². The summed E-state index contributed by atoms with van der Waals surface area (Å²) < 4.78 is 13.1. The summed E-state index contributed by atoms with van der Waals surface area (Å²) in [5, 5.41) is 14.1. The lowest BCUT2D eigenvalue weighted by molar-refractivity contribution is 0.204. The normalized spacial score (nSPS) is 13.8. The van der Waals surface area contributed by atoms with Crippen molar-refractivity contribution >= 4 is 23.3 Å². The van der Waals surface area contributed by atoms with E-state index in [0.717, 1.165) is 6.07 Å². The van der Waals surface area contributed by atoms with Crippen molar-refractivity contribution in [3.8, 4) is 0 Å². The van der Waals surface area contributed by atoms with Crippen molar-refractivity contribution in [1.29, 1.82) is 0 Å². The summed E-state index contributed by atoms with van der Waals surface area (Å²) in [5.41, 5.74) is 0.318. The second-order valence-electron chi connectivity index (χ2n) is 4.18. The lowest BCUT2D eigenvalue weighted by Crippen LogP contribution is -2.40. The number of rotatable bonds is 4. The fourth-order valence-electron chi connectivity index (χ4n) is 1.25. The minimum absolute atomic E-state index is 0.00299. The van der Waals surface area contributed by atoms with Crippen molar-refractivity contribution in [1.82, 2.24) is 5.32 Å². The van der Waals surface area contributed by atoms with Gasteiger partial charge in [0.2, 0.25) is 0 Å². The SMILES string of the molecule is C[C@H](CO)[C@@H](C)NC(=O)Nc1ccc(Cl)c(F)c1. The van der Waals surface area contributed by atoms with Crippen LogP contribution < -0.4 is 10.6 Å². The smallest absolute Gasteiger partial charge is 0.319 e. The molecule has 0 saturated heterocycles. The molecule has 2 atom stereocenters. The fourth-order valence-corrected chi connectivity index (χ4v) is 1.37. The molecular formula is C12H16ClFN2O2. The molecule has 0 aliphatic carbocycles. The summed E-state index contributed by atoms with van der Waals surface area (Å²) in [6, 6.07) is 3.37. The third-order valence-electron chi connectivity index (χ3n) is 2.68. The topological polar surface area (TPSA) is 61.4 Å². The summed E-state index contributed by atoms with van der Waals surface area (Å²) in [4.78, 5) is 11.6. The van der Waals surface area contributed by atoms with Crippen LogP contribution >= 0.6 is 11.6 Å². The van der Waals surface area contributed by atoms with Crippen LogP contribution in [0.2, 0.25) is 5.02 Å². The second kappa shape index (κ2) is 6.56. The Morgan fingerprint density at radius 1 is 1.50 bits per heavy atom. The van der Waals surface area contributed by atoms with E-state index < -0.39 is 11.8 Å². The van der Waals surface area contributed by atoms with Gasteiger partial charge in [-0.05, 0) is 31.0 Å². The number of halogens is 2. The Bertz CT molecular complexity index is 429. The molecule has 3 N–H and O–H groups in total. The van der Waals surface area contributed by atoms with Crippen LogP contribution in [0.4, 0.5) is 14.9 Å². The van der Waals surface area contributed by atoms with Gasteiger partial charge >= 0.3 is 6.03 Å². The number of benzene rings is 1. The van der Waals surface area contributed by atoms with Crippen LogP contribution in [-0.4, -0.2) is 23.8 Å². The number of nitrogens with one attached hydrogen (secondary N) is 2. The highest BCUT2D eigenvalue weighted by molar-refractivity contribution is 6.30. The first kappa shape index (κ1) is 14.7. The minimum atomic E-state index is -0.591. The van der Waals surface area contributed by atoms with E-state index in [4.69, 9.17) is 16.7 Å². The first-order valence-corrected chi connectivity index (χ1v) is 5.95. The lowest BCUT2D eigenvalue weighted by Gasteiger charge is -2.19. The van der Waals surface area contributed by atoms with Crippen molar-refractivity contribution in [2.24, 2.45) is 5.92 Å². The van der Waals surface area contributed by atoms with Gasteiger partial charge < -0.3 is 15.7 Å². The molecule has 100 valence electrons. The summed E-state index contributed by atoms with van der Waals surface area (Å²) >= 11 is 5.53. The van der Waals surface area contributed by atoms with E-state index in [9.17, 15) is 9.18 Å². The molecule has 2 amide bonds. The summed E-state index contributed by atoms with van der Waals surface area (Å²) in [5.74, 6) is -0.649. The maximum atomic E-state index is 13.1. The number of amides is 2. The average molecular weight is 275 g/mol. The van der Waals surface area contributed by atoms with E-state index in [1.54, 1.807) is 6.92 Å². The molecule has 0 aliphatic rings. The third kappa shape index (κ3) is 4.16. The van der Waals surface area contributed by atoms with Gasteiger partial charge in [0.1, 0.15) is 5.82 Å².